The summed E-state index contributed by atoms with van der Waals surface area (Å²) in [4.78, 5) is 46.3. The van der Waals surface area contributed by atoms with E-state index < -0.39 is 29.2 Å². The Morgan fingerprint density at radius 2 is 1.88 bits per heavy atom. The fraction of sp³-hybridized carbons (Fsp3) is 0.125. The first-order valence-corrected chi connectivity index (χ1v) is 13.8. The van der Waals surface area contributed by atoms with Crippen molar-refractivity contribution in [2.45, 2.75) is 19.6 Å². The number of carbonyl (C=O) groups is 2. The largest absolute Gasteiger partial charge is 0.489 e. The van der Waals surface area contributed by atoms with Crippen LogP contribution in [0.1, 0.15) is 48.7 Å². The van der Waals surface area contributed by atoms with Gasteiger partial charge in [0.05, 0.1) is 22.7 Å². The second kappa shape index (κ2) is 11.1. The lowest BCUT2D eigenvalue weighted by Crippen LogP contribution is -2.29. The molecule has 5 aromatic rings. The summed E-state index contributed by atoms with van der Waals surface area (Å²) in [5, 5.41) is 0.193. The number of hydrogen-bond acceptors (Lipinski definition) is 8. The summed E-state index contributed by atoms with van der Waals surface area (Å²) in [7, 11) is 0. The van der Waals surface area contributed by atoms with Gasteiger partial charge in [0.2, 0.25) is 5.76 Å². The van der Waals surface area contributed by atoms with E-state index >= 15 is 0 Å². The SMILES string of the molecule is C=CCOC(=O)c1sc(N2C(=O)c3oc4ccc(F)cc4c(=O)c3C2c2ccc(OCc3ccccc3)cc2)nc1C. The fourth-order valence-corrected chi connectivity index (χ4v) is 5.81. The summed E-state index contributed by atoms with van der Waals surface area (Å²) in [5.74, 6) is -1.40. The van der Waals surface area contributed by atoms with Gasteiger partial charge in [0.1, 0.15) is 35.2 Å². The van der Waals surface area contributed by atoms with Crippen molar-refractivity contribution in [3.8, 4) is 5.75 Å². The number of ether oxygens (including phenoxy) is 2. The summed E-state index contributed by atoms with van der Waals surface area (Å²) in [6.45, 7) is 5.56. The van der Waals surface area contributed by atoms with Gasteiger partial charge in [-0.2, -0.15) is 0 Å². The summed E-state index contributed by atoms with van der Waals surface area (Å²) in [6.07, 6.45) is 1.45. The van der Waals surface area contributed by atoms with Crippen molar-refractivity contribution in [3.05, 3.63) is 135 Å². The maximum absolute atomic E-state index is 14.1. The van der Waals surface area contributed by atoms with E-state index in [0.717, 1.165) is 29.0 Å². The van der Waals surface area contributed by atoms with E-state index in [1.165, 1.54) is 17.0 Å². The van der Waals surface area contributed by atoms with Crippen molar-refractivity contribution < 1.29 is 27.9 Å². The highest BCUT2D eigenvalue weighted by molar-refractivity contribution is 7.17. The number of carbonyl (C=O) groups excluding carboxylic acids is 2. The molecule has 0 spiro atoms. The molecule has 1 unspecified atom stereocenters. The number of halogens is 1. The van der Waals surface area contributed by atoms with E-state index in [2.05, 4.69) is 11.6 Å². The van der Waals surface area contributed by atoms with Crippen LogP contribution in [-0.2, 0) is 11.3 Å². The van der Waals surface area contributed by atoms with Crippen molar-refractivity contribution in [2.75, 3.05) is 11.5 Å². The third kappa shape index (κ3) is 4.86. The number of benzene rings is 3. The first kappa shape index (κ1) is 27.1. The molecule has 1 atom stereocenters. The Hall–Kier alpha value is -5.09. The van der Waals surface area contributed by atoms with Gasteiger partial charge in [0.25, 0.3) is 5.91 Å². The van der Waals surface area contributed by atoms with Crippen LogP contribution in [-0.4, -0.2) is 23.5 Å². The number of aryl methyl sites for hydroxylation is 1. The van der Waals surface area contributed by atoms with Crippen molar-refractivity contribution in [1.29, 1.82) is 0 Å². The first-order valence-electron chi connectivity index (χ1n) is 13.0. The molecule has 1 aliphatic heterocycles. The second-order valence-corrected chi connectivity index (χ2v) is 10.5. The van der Waals surface area contributed by atoms with Crippen molar-refractivity contribution >= 4 is 39.3 Å². The molecule has 3 heterocycles. The van der Waals surface area contributed by atoms with Crippen LogP contribution < -0.4 is 15.1 Å². The normalized spacial score (nSPS) is 14.2. The third-order valence-corrected chi connectivity index (χ3v) is 7.92. The lowest BCUT2D eigenvalue weighted by atomic mass is 9.98. The quantitative estimate of drug-likeness (QED) is 0.155. The van der Waals surface area contributed by atoms with Crippen LogP contribution in [0.4, 0.5) is 9.52 Å². The van der Waals surface area contributed by atoms with Crippen LogP contribution in [0.25, 0.3) is 11.0 Å². The van der Waals surface area contributed by atoms with Gasteiger partial charge < -0.3 is 13.9 Å². The molecule has 6 rings (SSSR count). The van der Waals surface area contributed by atoms with Gasteiger partial charge in [-0.1, -0.05) is 66.5 Å². The molecule has 3 aromatic carbocycles. The van der Waals surface area contributed by atoms with Crippen LogP contribution in [0.3, 0.4) is 0 Å². The lowest BCUT2D eigenvalue weighted by molar-refractivity contribution is 0.0554. The molecular weight excluding hydrogens is 559 g/mol. The summed E-state index contributed by atoms with van der Waals surface area (Å²) in [5.41, 5.74) is 1.54. The minimum absolute atomic E-state index is 0.0141. The number of fused-ring (bicyclic) bond motifs is 2. The highest BCUT2D eigenvalue weighted by Crippen LogP contribution is 2.43. The van der Waals surface area contributed by atoms with Crippen LogP contribution in [0.15, 0.2) is 94.7 Å². The molecule has 0 bridgehead atoms. The first-order chi connectivity index (χ1) is 20.4. The maximum Gasteiger partial charge on any atom is 0.350 e. The Balaban J connectivity index is 1.44. The van der Waals surface area contributed by atoms with E-state index in [9.17, 15) is 18.8 Å². The second-order valence-electron chi connectivity index (χ2n) is 9.53. The Morgan fingerprint density at radius 3 is 2.62 bits per heavy atom. The van der Waals surface area contributed by atoms with Gasteiger partial charge in [0.15, 0.2) is 10.6 Å². The van der Waals surface area contributed by atoms with Gasteiger partial charge in [-0.25, -0.2) is 14.2 Å². The van der Waals surface area contributed by atoms with Crippen molar-refractivity contribution in [3.63, 3.8) is 0 Å². The molecular formula is C32H23FN2O6S. The zero-order valence-electron chi connectivity index (χ0n) is 22.3. The standard InChI is InChI=1S/C32H23FN2O6S/c1-3-15-39-31(38)29-18(2)34-32(42-29)35-26(20-9-12-22(13-10-20)40-17-19-7-5-4-6-8-19)25-27(36)23-16-21(33)11-14-24(23)41-28(25)30(35)37/h3-14,16,26H,1,15,17H2,2H3. The summed E-state index contributed by atoms with van der Waals surface area (Å²) >= 11 is 0.966. The average molecular weight is 583 g/mol. The molecule has 210 valence electrons. The molecule has 0 aliphatic carbocycles. The van der Waals surface area contributed by atoms with Gasteiger partial charge >= 0.3 is 5.97 Å². The molecule has 0 N–H and O–H groups in total. The Kier molecular flexibility index (Phi) is 7.13. The molecule has 0 radical (unpaired) electrons. The minimum Gasteiger partial charge on any atom is -0.489 e. The van der Waals surface area contributed by atoms with E-state index in [1.807, 2.05) is 30.3 Å². The Labute approximate surface area is 243 Å². The number of thiazole rings is 1. The predicted molar refractivity (Wildman–Crippen MR) is 156 cm³/mol. The maximum atomic E-state index is 14.1. The highest BCUT2D eigenvalue weighted by atomic mass is 32.1. The predicted octanol–water partition coefficient (Wildman–Crippen LogP) is 6.37. The molecule has 1 amide bonds. The number of anilines is 1. The Bertz CT molecular complexity index is 1900. The average Bonchev–Trinajstić information content (AvgIpc) is 3.53. The van der Waals surface area contributed by atoms with E-state index in [-0.39, 0.29) is 38.9 Å². The smallest absolute Gasteiger partial charge is 0.350 e. The van der Waals surface area contributed by atoms with Gasteiger partial charge in [-0.15, -0.1) is 0 Å². The van der Waals surface area contributed by atoms with E-state index in [0.29, 0.717) is 23.6 Å². The number of nitrogens with zero attached hydrogens (tertiary/aromatic N) is 2. The van der Waals surface area contributed by atoms with E-state index in [1.54, 1.807) is 31.2 Å². The lowest BCUT2D eigenvalue weighted by Gasteiger charge is -2.22. The number of hydrogen-bond donors (Lipinski definition) is 0. The third-order valence-electron chi connectivity index (χ3n) is 6.79. The number of rotatable bonds is 8. The summed E-state index contributed by atoms with van der Waals surface area (Å²) < 4.78 is 31.1. The number of esters is 1. The van der Waals surface area contributed by atoms with Gasteiger partial charge in [-0.05, 0) is 48.4 Å². The van der Waals surface area contributed by atoms with Crippen LogP contribution in [0.5, 0.6) is 5.75 Å². The highest BCUT2D eigenvalue weighted by Gasteiger charge is 2.45. The molecule has 10 heteroatoms. The van der Waals surface area contributed by atoms with Crippen LogP contribution in [0.2, 0.25) is 0 Å². The summed E-state index contributed by atoms with van der Waals surface area (Å²) in [6, 6.07) is 19.3. The number of aromatic nitrogens is 1. The topological polar surface area (TPSA) is 98.9 Å². The molecule has 42 heavy (non-hydrogen) atoms. The van der Waals surface area contributed by atoms with Crippen LogP contribution in [0, 0.1) is 12.7 Å². The minimum atomic E-state index is -0.956. The molecule has 2 aromatic heterocycles. The van der Waals surface area contributed by atoms with Crippen molar-refractivity contribution in [2.24, 2.45) is 0 Å². The molecule has 0 saturated carbocycles. The Morgan fingerprint density at radius 1 is 1.12 bits per heavy atom. The van der Waals surface area contributed by atoms with Gasteiger partial charge in [0, 0.05) is 0 Å². The zero-order valence-corrected chi connectivity index (χ0v) is 23.2. The molecule has 0 fully saturated rings. The van der Waals surface area contributed by atoms with Crippen LogP contribution >= 0.6 is 11.3 Å². The van der Waals surface area contributed by atoms with Gasteiger partial charge in [-0.3, -0.25) is 14.5 Å². The molecule has 1 aliphatic rings. The molecule has 8 nitrogen and oxygen atoms in total. The van der Waals surface area contributed by atoms with Crippen molar-refractivity contribution in [1.82, 2.24) is 4.98 Å². The number of amides is 1. The fourth-order valence-electron chi connectivity index (χ4n) is 4.82. The van der Waals surface area contributed by atoms with E-state index in [4.69, 9.17) is 13.9 Å². The monoisotopic (exact) mass is 582 g/mol. The zero-order chi connectivity index (χ0) is 29.4. The molecule has 0 saturated heterocycles.